The van der Waals surface area contributed by atoms with Crippen molar-refractivity contribution in [1.29, 1.82) is 0 Å². The minimum atomic E-state index is -0.477. The van der Waals surface area contributed by atoms with Crippen LogP contribution in [-0.2, 0) is 11.2 Å². The molecule has 102 valence electrons. The largest absolute Gasteiger partial charge is 0.463 e. The van der Waals surface area contributed by atoms with Crippen LogP contribution in [0.2, 0.25) is 0 Å². The molecule has 0 spiro atoms. The summed E-state index contributed by atoms with van der Waals surface area (Å²) in [5.41, 5.74) is 1.78. The average molecular weight is 344 g/mol. The number of carbonyl (C=O) groups is 1. The van der Waals surface area contributed by atoms with E-state index >= 15 is 0 Å². The molecule has 0 unspecified atom stereocenters. The van der Waals surface area contributed by atoms with Crippen LogP contribution >= 0.6 is 27.3 Å². The lowest BCUT2D eigenvalue weighted by Crippen LogP contribution is -2.03. The number of methoxy groups -OCH3 is 1. The summed E-state index contributed by atoms with van der Waals surface area (Å²) >= 11 is 5.00. The molecule has 19 heavy (non-hydrogen) atoms. The molecular weight excluding hydrogens is 330 g/mol. The van der Waals surface area contributed by atoms with Gasteiger partial charge in [0.1, 0.15) is 0 Å². The Morgan fingerprint density at radius 1 is 1.58 bits per heavy atom. The van der Waals surface area contributed by atoms with Gasteiger partial charge in [-0.05, 0) is 40.9 Å². The van der Waals surface area contributed by atoms with E-state index in [9.17, 15) is 4.79 Å². The van der Waals surface area contributed by atoms with Gasteiger partial charge in [-0.2, -0.15) is 0 Å². The predicted molar refractivity (Wildman–Crippen MR) is 77.6 cm³/mol. The number of hydrogen-bond donors (Lipinski definition) is 0. The van der Waals surface area contributed by atoms with Gasteiger partial charge in [-0.3, -0.25) is 0 Å². The van der Waals surface area contributed by atoms with E-state index in [0.29, 0.717) is 18.0 Å². The first-order valence-electron chi connectivity index (χ1n) is 5.91. The molecule has 0 aliphatic heterocycles. The van der Waals surface area contributed by atoms with Crippen molar-refractivity contribution in [2.24, 2.45) is 0 Å². The fourth-order valence-electron chi connectivity index (χ4n) is 1.68. The first-order valence-corrected chi connectivity index (χ1v) is 7.52. The minimum absolute atomic E-state index is 0.210. The molecule has 2 aromatic heterocycles. The first-order chi connectivity index (χ1) is 9.06. The maximum atomic E-state index is 11.7. The Bertz CT molecular complexity index is 584. The molecule has 0 saturated heterocycles. The van der Waals surface area contributed by atoms with Crippen LogP contribution in [0.15, 0.2) is 14.3 Å². The van der Waals surface area contributed by atoms with Gasteiger partial charge >= 0.3 is 5.97 Å². The van der Waals surface area contributed by atoms with Crippen LogP contribution in [0.1, 0.15) is 35.2 Å². The van der Waals surface area contributed by atoms with E-state index in [0.717, 1.165) is 20.6 Å². The van der Waals surface area contributed by atoms with Gasteiger partial charge in [-0.25, -0.2) is 9.78 Å². The maximum absolute atomic E-state index is 11.7. The molecule has 4 nitrogen and oxygen atoms in total. The highest BCUT2D eigenvalue weighted by Gasteiger charge is 2.22. The molecule has 6 heteroatoms. The zero-order valence-electron chi connectivity index (χ0n) is 10.9. The molecule has 2 aromatic rings. The monoisotopic (exact) mass is 343 g/mol. The molecule has 2 rings (SSSR count). The van der Waals surface area contributed by atoms with Gasteiger partial charge in [-0.15, -0.1) is 11.3 Å². The smallest absolute Gasteiger partial charge is 0.376 e. The Hall–Kier alpha value is -1.14. The van der Waals surface area contributed by atoms with Gasteiger partial charge in [-0.1, -0.05) is 13.3 Å². The maximum Gasteiger partial charge on any atom is 0.376 e. The molecule has 0 aliphatic carbocycles. The Balaban J connectivity index is 2.44. The van der Waals surface area contributed by atoms with E-state index in [4.69, 9.17) is 9.15 Å². The SMILES string of the molecule is CCCc1nc(-c2cc(C)c(Br)s2)oc1C(=O)OC. The van der Waals surface area contributed by atoms with Crippen LogP contribution < -0.4 is 0 Å². The summed E-state index contributed by atoms with van der Waals surface area (Å²) in [5.74, 6) is 0.207. The van der Waals surface area contributed by atoms with Gasteiger partial charge in [0.2, 0.25) is 11.7 Å². The van der Waals surface area contributed by atoms with Gasteiger partial charge in [0.15, 0.2) is 0 Å². The van der Waals surface area contributed by atoms with E-state index in [1.54, 1.807) is 0 Å². The fraction of sp³-hybridized carbons (Fsp3) is 0.385. The Labute approximate surface area is 123 Å². The second-order valence-electron chi connectivity index (χ2n) is 4.10. The molecule has 2 heterocycles. The zero-order chi connectivity index (χ0) is 14.0. The number of aromatic nitrogens is 1. The third-order valence-corrected chi connectivity index (χ3v) is 4.75. The van der Waals surface area contributed by atoms with Crippen LogP contribution in [-0.4, -0.2) is 18.1 Å². The molecule has 0 amide bonds. The van der Waals surface area contributed by atoms with Crippen molar-refractivity contribution in [3.63, 3.8) is 0 Å². The van der Waals surface area contributed by atoms with Gasteiger partial charge in [0.05, 0.1) is 21.5 Å². The van der Waals surface area contributed by atoms with Crippen LogP contribution in [0, 0.1) is 6.92 Å². The van der Waals surface area contributed by atoms with E-state index < -0.39 is 5.97 Å². The van der Waals surface area contributed by atoms with Crippen LogP contribution in [0.3, 0.4) is 0 Å². The van der Waals surface area contributed by atoms with E-state index in [-0.39, 0.29) is 5.76 Å². The Kier molecular flexibility index (Phi) is 4.42. The highest BCUT2D eigenvalue weighted by Crippen LogP contribution is 2.35. The quantitative estimate of drug-likeness (QED) is 0.780. The average Bonchev–Trinajstić information content (AvgIpc) is 2.94. The Morgan fingerprint density at radius 2 is 2.32 bits per heavy atom. The Morgan fingerprint density at radius 3 is 2.84 bits per heavy atom. The normalized spacial score (nSPS) is 10.7. The van der Waals surface area contributed by atoms with Gasteiger partial charge < -0.3 is 9.15 Å². The van der Waals surface area contributed by atoms with E-state index in [1.807, 2.05) is 19.9 Å². The van der Waals surface area contributed by atoms with Crippen molar-refractivity contribution in [3.05, 3.63) is 26.9 Å². The fourth-order valence-corrected chi connectivity index (χ4v) is 3.14. The lowest BCUT2D eigenvalue weighted by molar-refractivity contribution is 0.0564. The number of aryl methyl sites for hydroxylation is 2. The first kappa shape index (κ1) is 14.3. The van der Waals surface area contributed by atoms with E-state index in [2.05, 4.69) is 20.9 Å². The number of thiophene rings is 1. The summed E-state index contributed by atoms with van der Waals surface area (Å²) in [7, 11) is 1.34. The van der Waals surface area contributed by atoms with Crippen molar-refractivity contribution >= 4 is 33.2 Å². The van der Waals surface area contributed by atoms with Crippen molar-refractivity contribution < 1.29 is 13.9 Å². The number of nitrogens with zero attached hydrogens (tertiary/aromatic N) is 1. The van der Waals surface area contributed by atoms with Crippen LogP contribution in [0.4, 0.5) is 0 Å². The molecule has 0 fully saturated rings. The van der Waals surface area contributed by atoms with Crippen LogP contribution in [0.5, 0.6) is 0 Å². The molecule has 0 saturated carbocycles. The summed E-state index contributed by atoms with van der Waals surface area (Å²) < 4.78 is 11.3. The number of carbonyl (C=O) groups excluding carboxylic acids is 1. The van der Waals surface area contributed by atoms with Crippen molar-refractivity contribution in [2.75, 3.05) is 7.11 Å². The summed E-state index contributed by atoms with van der Waals surface area (Å²) in [6, 6.07) is 1.98. The minimum Gasteiger partial charge on any atom is -0.463 e. The topological polar surface area (TPSA) is 52.3 Å². The van der Waals surface area contributed by atoms with E-state index in [1.165, 1.54) is 18.4 Å². The molecular formula is C13H14BrNO3S. The molecule has 0 radical (unpaired) electrons. The lowest BCUT2D eigenvalue weighted by atomic mass is 10.2. The second kappa shape index (κ2) is 5.88. The number of esters is 1. The summed E-state index contributed by atoms with van der Waals surface area (Å²) in [5, 5.41) is 0. The lowest BCUT2D eigenvalue weighted by Gasteiger charge is -1.96. The molecule has 0 atom stereocenters. The molecule has 0 bridgehead atoms. The highest BCUT2D eigenvalue weighted by atomic mass is 79.9. The zero-order valence-corrected chi connectivity index (χ0v) is 13.4. The van der Waals surface area contributed by atoms with Crippen molar-refractivity contribution in [2.45, 2.75) is 26.7 Å². The number of ether oxygens (including phenoxy) is 1. The predicted octanol–water partition coefficient (Wildman–Crippen LogP) is 4.21. The summed E-state index contributed by atoms with van der Waals surface area (Å²) in [4.78, 5) is 17.0. The molecule has 0 N–H and O–H groups in total. The van der Waals surface area contributed by atoms with Gasteiger partial charge in [0.25, 0.3) is 0 Å². The standard InChI is InChI=1S/C13H14BrNO3S/c1-4-5-8-10(13(16)17-3)18-12(15-8)9-6-7(2)11(14)19-9/h6H,4-5H2,1-3H3. The van der Waals surface area contributed by atoms with Crippen LogP contribution in [0.25, 0.3) is 10.8 Å². The third-order valence-electron chi connectivity index (χ3n) is 2.62. The number of oxazole rings is 1. The molecule has 0 aromatic carbocycles. The summed E-state index contributed by atoms with van der Waals surface area (Å²) in [6.45, 7) is 4.03. The van der Waals surface area contributed by atoms with Crippen molar-refractivity contribution in [3.8, 4) is 10.8 Å². The number of halogens is 1. The molecule has 0 aliphatic rings. The van der Waals surface area contributed by atoms with Crippen molar-refractivity contribution in [1.82, 2.24) is 4.98 Å². The third kappa shape index (κ3) is 2.90. The number of rotatable bonds is 4. The summed E-state index contributed by atoms with van der Waals surface area (Å²) in [6.07, 6.45) is 1.59. The highest BCUT2D eigenvalue weighted by molar-refractivity contribution is 9.11. The van der Waals surface area contributed by atoms with Gasteiger partial charge in [0, 0.05) is 0 Å². The second-order valence-corrected chi connectivity index (χ2v) is 6.47. The number of hydrogen-bond acceptors (Lipinski definition) is 5.